The van der Waals surface area contributed by atoms with Gasteiger partial charge in [0.15, 0.2) is 0 Å². The molecule has 1 fully saturated rings. The molecule has 0 aliphatic carbocycles. The molecule has 118 valence electrons. The van der Waals surface area contributed by atoms with Crippen LogP contribution in [0.15, 0.2) is 36.0 Å². The lowest BCUT2D eigenvalue weighted by Crippen LogP contribution is -2.43. The maximum absolute atomic E-state index is 12.3. The molecule has 0 atom stereocenters. The third-order valence-electron chi connectivity index (χ3n) is 3.35. The summed E-state index contributed by atoms with van der Waals surface area (Å²) >= 11 is 0. The fraction of sp³-hybridized carbons (Fsp3) is 0.312. The molecule has 23 heavy (non-hydrogen) atoms. The minimum absolute atomic E-state index is 0.0615. The van der Waals surface area contributed by atoms with Crippen LogP contribution in [0.25, 0.3) is 0 Å². The Balaban J connectivity index is 2.01. The summed E-state index contributed by atoms with van der Waals surface area (Å²) in [7, 11) is 0. The number of morpholine rings is 1. The van der Waals surface area contributed by atoms with E-state index in [1.807, 2.05) is 0 Å². The smallest absolute Gasteiger partial charge is 0.254 e. The van der Waals surface area contributed by atoms with Gasteiger partial charge in [0.05, 0.1) is 31.1 Å². The number of anilines is 1. The molecule has 0 radical (unpaired) electrons. The fourth-order valence-electron chi connectivity index (χ4n) is 2.08. The van der Waals surface area contributed by atoms with Crippen molar-refractivity contribution in [2.45, 2.75) is 0 Å². The first-order valence-electron chi connectivity index (χ1n) is 7.19. The van der Waals surface area contributed by atoms with Crippen LogP contribution in [0, 0.1) is 22.7 Å². The fourth-order valence-corrected chi connectivity index (χ4v) is 2.08. The zero-order chi connectivity index (χ0) is 16.5. The van der Waals surface area contributed by atoms with E-state index in [1.165, 1.54) is 6.20 Å². The summed E-state index contributed by atoms with van der Waals surface area (Å²) < 4.78 is 5.26. The van der Waals surface area contributed by atoms with E-state index in [0.717, 1.165) is 13.1 Å². The van der Waals surface area contributed by atoms with Gasteiger partial charge in [0.25, 0.3) is 5.91 Å². The summed E-state index contributed by atoms with van der Waals surface area (Å²) in [5, 5.41) is 23.2. The molecule has 0 bridgehead atoms. The molecule has 0 saturated carbocycles. The SMILES string of the molecule is N#CC(C#N)=CNc1ccccc1C(=O)NCN1CCOCC1. The molecule has 2 rings (SSSR count). The zero-order valence-electron chi connectivity index (χ0n) is 12.6. The minimum Gasteiger partial charge on any atom is -0.379 e. The maximum Gasteiger partial charge on any atom is 0.254 e. The molecule has 1 aromatic carbocycles. The molecule has 1 aromatic rings. The van der Waals surface area contributed by atoms with E-state index in [9.17, 15) is 4.79 Å². The number of carbonyl (C=O) groups excluding carboxylic acids is 1. The summed E-state index contributed by atoms with van der Waals surface area (Å²) in [6, 6.07) is 10.4. The number of ether oxygens (including phenoxy) is 1. The number of nitriles is 2. The van der Waals surface area contributed by atoms with Gasteiger partial charge in [-0.25, -0.2) is 0 Å². The van der Waals surface area contributed by atoms with Crippen molar-refractivity contribution in [2.24, 2.45) is 0 Å². The number of rotatable bonds is 5. The minimum atomic E-state index is -0.219. The van der Waals surface area contributed by atoms with E-state index >= 15 is 0 Å². The van der Waals surface area contributed by atoms with Gasteiger partial charge in [-0.3, -0.25) is 9.69 Å². The Morgan fingerprint density at radius 2 is 1.96 bits per heavy atom. The van der Waals surface area contributed by atoms with Gasteiger partial charge in [0.1, 0.15) is 17.7 Å². The third-order valence-corrected chi connectivity index (χ3v) is 3.35. The first kappa shape index (κ1) is 16.5. The highest BCUT2D eigenvalue weighted by Gasteiger charge is 2.14. The highest BCUT2D eigenvalue weighted by molar-refractivity contribution is 5.99. The van der Waals surface area contributed by atoms with Gasteiger partial charge >= 0.3 is 0 Å². The van der Waals surface area contributed by atoms with E-state index < -0.39 is 0 Å². The second kappa shape index (κ2) is 8.54. The number of hydrogen-bond donors (Lipinski definition) is 2. The highest BCUT2D eigenvalue weighted by Crippen LogP contribution is 2.15. The van der Waals surface area contributed by atoms with Crippen LogP contribution in [0.1, 0.15) is 10.4 Å². The number of para-hydroxylation sites is 1. The van der Waals surface area contributed by atoms with Crippen LogP contribution in [0.2, 0.25) is 0 Å². The molecule has 7 heteroatoms. The first-order chi connectivity index (χ1) is 11.2. The Kier molecular flexibility index (Phi) is 6.13. The highest BCUT2D eigenvalue weighted by atomic mass is 16.5. The summed E-state index contributed by atoms with van der Waals surface area (Å²) in [5.41, 5.74) is 0.927. The summed E-state index contributed by atoms with van der Waals surface area (Å²) in [6.07, 6.45) is 1.29. The van der Waals surface area contributed by atoms with Crippen molar-refractivity contribution in [3.8, 4) is 12.1 Å². The predicted octanol–water partition coefficient (Wildman–Crippen LogP) is 1.05. The van der Waals surface area contributed by atoms with Crippen LogP contribution in [0.5, 0.6) is 0 Å². The Labute approximate surface area is 134 Å². The molecule has 0 aromatic heterocycles. The number of hydrogen-bond acceptors (Lipinski definition) is 6. The van der Waals surface area contributed by atoms with Gasteiger partial charge in [-0.2, -0.15) is 10.5 Å². The van der Waals surface area contributed by atoms with Crippen LogP contribution < -0.4 is 10.6 Å². The van der Waals surface area contributed by atoms with Crippen LogP contribution in [0.3, 0.4) is 0 Å². The Morgan fingerprint density at radius 1 is 1.26 bits per heavy atom. The molecular weight excluding hydrogens is 294 g/mol. The van der Waals surface area contributed by atoms with Crippen molar-refractivity contribution < 1.29 is 9.53 Å². The van der Waals surface area contributed by atoms with E-state index in [4.69, 9.17) is 15.3 Å². The average molecular weight is 311 g/mol. The second-order valence-electron chi connectivity index (χ2n) is 4.87. The molecule has 0 unspecified atom stereocenters. The van der Waals surface area contributed by atoms with Crippen LogP contribution >= 0.6 is 0 Å². The molecule has 0 spiro atoms. The molecule has 1 aliphatic rings. The summed E-state index contributed by atoms with van der Waals surface area (Å²) in [4.78, 5) is 14.4. The van der Waals surface area contributed by atoms with Crippen LogP contribution in [0.4, 0.5) is 5.69 Å². The van der Waals surface area contributed by atoms with Crippen molar-refractivity contribution >= 4 is 11.6 Å². The van der Waals surface area contributed by atoms with E-state index in [2.05, 4.69) is 15.5 Å². The standard InChI is InChI=1S/C16H17N5O2/c17-9-13(10-18)11-19-15-4-2-1-3-14(15)16(22)20-12-21-5-7-23-8-6-21/h1-4,11,19H,5-8,12H2,(H,20,22). The first-order valence-corrected chi connectivity index (χ1v) is 7.19. The van der Waals surface area contributed by atoms with Crippen molar-refractivity contribution in [2.75, 3.05) is 38.3 Å². The predicted molar refractivity (Wildman–Crippen MR) is 84.1 cm³/mol. The Morgan fingerprint density at radius 3 is 2.65 bits per heavy atom. The maximum atomic E-state index is 12.3. The third kappa shape index (κ3) is 4.82. The normalized spacial score (nSPS) is 14.2. The molecule has 7 nitrogen and oxygen atoms in total. The van der Waals surface area contributed by atoms with Crippen LogP contribution in [-0.2, 0) is 4.74 Å². The van der Waals surface area contributed by atoms with E-state index in [-0.39, 0.29) is 11.5 Å². The lowest BCUT2D eigenvalue weighted by molar-refractivity contribution is 0.0334. The molecule has 1 amide bonds. The zero-order valence-corrected chi connectivity index (χ0v) is 12.6. The number of carbonyl (C=O) groups is 1. The van der Waals surface area contributed by atoms with Crippen LogP contribution in [-0.4, -0.2) is 43.8 Å². The Hall–Kier alpha value is -2.87. The monoisotopic (exact) mass is 311 g/mol. The van der Waals surface area contributed by atoms with Gasteiger partial charge in [-0.1, -0.05) is 12.1 Å². The Bertz CT molecular complexity index is 650. The summed E-state index contributed by atoms with van der Waals surface area (Å²) in [6.45, 7) is 3.37. The number of nitrogens with zero attached hydrogens (tertiary/aromatic N) is 3. The molecule has 1 heterocycles. The number of nitrogens with one attached hydrogen (secondary N) is 2. The second-order valence-corrected chi connectivity index (χ2v) is 4.87. The van der Waals surface area contributed by atoms with Crippen molar-refractivity contribution in [1.82, 2.24) is 10.2 Å². The van der Waals surface area contributed by atoms with Gasteiger partial charge in [-0.05, 0) is 12.1 Å². The van der Waals surface area contributed by atoms with Gasteiger partial charge in [0, 0.05) is 19.3 Å². The molecule has 1 saturated heterocycles. The van der Waals surface area contributed by atoms with Gasteiger partial charge < -0.3 is 15.4 Å². The lowest BCUT2D eigenvalue weighted by atomic mass is 10.1. The number of benzene rings is 1. The topological polar surface area (TPSA) is 101 Å². The largest absolute Gasteiger partial charge is 0.379 e. The molecule has 2 N–H and O–H groups in total. The van der Waals surface area contributed by atoms with E-state index in [1.54, 1.807) is 36.4 Å². The quantitative estimate of drug-likeness (QED) is 0.788. The van der Waals surface area contributed by atoms with Gasteiger partial charge in [-0.15, -0.1) is 0 Å². The van der Waals surface area contributed by atoms with E-state index in [0.29, 0.717) is 31.1 Å². The molecular formula is C16H17N5O2. The molecule has 1 aliphatic heterocycles. The van der Waals surface area contributed by atoms with Gasteiger partial charge in [0.2, 0.25) is 0 Å². The number of allylic oxidation sites excluding steroid dienone is 1. The van der Waals surface area contributed by atoms with Crippen molar-refractivity contribution in [3.63, 3.8) is 0 Å². The average Bonchev–Trinajstić information content (AvgIpc) is 2.62. The van der Waals surface area contributed by atoms with Crippen molar-refractivity contribution in [1.29, 1.82) is 10.5 Å². The summed E-state index contributed by atoms with van der Waals surface area (Å²) in [5.74, 6) is -0.219. The number of amides is 1. The lowest BCUT2D eigenvalue weighted by Gasteiger charge is -2.26. The van der Waals surface area contributed by atoms with Crippen molar-refractivity contribution in [3.05, 3.63) is 41.6 Å².